The van der Waals surface area contributed by atoms with Gasteiger partial charge in [-0.15, -0.1) is 0 Å². The van der Waals surface area contributed by atoms with Gasteiger partial charge in [0.15, 0.2) is 12.2 Å². The molecule has 2 atom stereocenters. The molecule has 1 aromatic rings. The fraction of sp³-hybridized carbons (Fsp3) is 0.619. The fourth-order valence-electron chi connectivity index (χ4n) is 2.50. The van der Waals surface area contributed by atoms with Crippen LogP contribution in [0, 0.1) is 5.92 Å². The molecule has 146 valence electrons. The number of hydrogen-bond donors (Lipinski definition) is 1. The summed E-state index contributed by atoms with van der Waals surface area (Å²) in [6, 6.07) is 5.99. The smallest absolute Gasteiger partial charge is 0.335 e. The third-order valence-corrected chi connectivity index (χ3v) is 4.30. The number of esters is 1. The molecule has 26 heavy (non-hydrogen) atoms. The summed E-state index contributed by atoms with van der Waals surface area (Å²) in [4.78, 5) is 24.6. The van der Waals surface area contributed by atoms with Crippen molar-refractivity contribution in [1.82, 2.24) is 0 Å². The average Bonchev–Trinajstić information content (AvgIpc) is 2.61. The average molecular weight is 363 g/mol. The highest BCUT2D eigenvalue weighted by Gasteiger charge is 2.23. The highest BCUT2D eigenvalue weighted by molar-refractivity contribution is 5.96. The van der Waals surface area contributed by atoms with E-state index in [1.165, 1.54) is 0 Å². The van der Waals surface area contributed by atoms with E-state index in [9.17, 15) is 9.59 Å². The predicted octanol–water partition coefficient (Wildman–Crippen LogP) is 4.13. The highest BCUT2D eigenvalue weighted by Crippen LogP contribution is 2.23. The Hall–Kier alpha value is -1.88. The molecule has 0 aromatic heterocycles. The minimum absolute atomic E-state index is 0.330. The number of anilines is 1. The van der Waals surface area contributed by atoms with Crippen molar-refractivity contribution in [2.75, 3.05) is 11.9 Å². The molecule has 0 aliphatic rings. The summed E-state index contributed by atoms with van der Waals surface area (Å²) < 4.78 is 10.8. The largest absolute Gasteiger partial charge is 0.451 e. The van der Waals surface area contributed by atoms with Crippen LogP contribution in [0.25, 0.3) is 0 Å². The van der Waals surface area contributed by atoms with E-state index in [0.29, 0.717) is 12.5 Å². The van der Waals surface area contributed by atoms with Crippen LogP contribution >= 0.6 is 0 Å². The molecule has 0 spiro atoms. The van der Waals surface area contributed by atoms with Gasteiger partial charge in [-0.3, -0.25) is 4.79 Å². The van der Waals surface area contributed by atoms with Crippen LogP contribution in [-0.4, -0.2) is 30.7 Å². The van der Waals surface area contributed by atoms with Gasteiger partial charge < -0.3 is 14.8 Å². The number of aryl methyl sites for hydroxylation is 2. The van der Waals surface area contributed by atoms with Crippen molar-refractivity contribution in [2.45, 2.75) is 73.0 Å². The van der Waals surface area contributed by atoms with Gasteiger partial charge in [0, 0.05) is 12.3 Å². The maximum atomic E-state index is 12.5. The van der Waals surface area contributed by atoms with E-state index in [1.807, 2.05) is 32.0 Å². The second kappa shape index (κ2) is 11.0. The number of benzene rings is 1. The Balaban J connectivity index is 2.64. The minimum atomic E-state index is -0.881. The van der Waals surface area contributed by atoms with Gasteiger partial charge in [0.2, 0.25) is 0 Å². The van der Waals surface area contributed by atoms with E-state index in [2.05, 4.69) is 19.2 Å². The SMILES string of the molecule is CCc1cccc(CC)c1NC(=O)C(C)OC(=O)C(C)OCCC(C)C. The lowest BCUT2D eigenvalue weighted by Gasteiger charge is -2.19. The molecule has 0 heterocycles. The first-order valence-corrected chi connectivity index (χ1v) is 9.53. The Morgan fingerprint density at radius 2 is 1.58 bits per heavy atom. The normalized spacial score (nSPS) is 13.3. The van der Waals surface area contributed by atoms with Crippen LogP contribution in [0.3, 0.4) is 0 Å². The van der Waals surface area contributed by atoms with Crippen molar-refractivity contribution in [3.8, 4) is 0 Å². The third-order valence-electron chi connectivity index (χ3n) is 4.30. The number of nitrogens with one attached hydrogen (secondary N) is 1. The first-order valence-electron chi connectivity index (χ1n) is 9.53. The lowest BCUT2D eigenvalue weighted by Crippen LogP contribution is -2.34. The molecule has 5 heteroatoms. The number of amides is 1. The summed E-state index contributed by atoms with van der Waals surface area (Å²) in [5.41, 5.74) is 2.97. The molecule has 1 N–H and O–H groups in total. The van der Waals surface area contributed by atoms with E-state index in [-0.39, 0.29) is 5.91 Å². The summed E-state index contributed by atoms with van der Waals surface area (Å²) in [7, 11) is 0. The van der Waals surface area contributed by atoms with Crippen LogP contribution in [0.5, 0.6) is 0 Å². The Morgan fingerprint density at radius 1 is 1.00 bits per heavy atom. The van der Waals surface area contributed by atoms with Gasteiger partial charge in [-0.05, 0) is 50.2 Å². The molecule has 1 rings (SSSR count). The molecule has 5 nitrogen and oxygen atoms in total. The summed E-state index contributed by atoms with van der Waals surface area (Å²) in [5.74, 6) is -0.339. The Kier molecular flexibility index (Phi) is 9.35. The molecule has 0 radical (unpaired) electrons. The van der Waals surface area contributed by atoms with Gasteiger partial charge in [0.1, 0.15) is 0 Å². The monoisotopic (exact) mass is 363 g/mol. The maximum absolute atomic E-state index is 12.5. The third kappa shape index (κ3) is 6.79. The second-order valence-electron chi connectivity index (χ2n) is 6.92. The second-order valence-corrected chi connectivity index (χ2v) is 6.92. The van der Waals surface area contributed by atoms with Crippen LogP contribution < -0.4 is 5.32 Å². The molecule has 2 unspecified atom stereocenters. The molecule has 0 aliphatic carbocycles. The van der Waals surface area contributed by atoms with E-state index >= 15 is 0 Å². The lowest BCUT2D eigenvalue weighted by molar-refractivity contribution is -0.163. The molecule has 0 fully saturated rings. The van der Waals surface area contributed by atoms with E-state index < -0.39 is 18.2 Å². The summed E-state index contributed by atoms with van der Waals surface area (Å²) in [5, 5.41) is 2.93. The first-order chi connectivity index (χ1) is 12.3. The van der Waals surface area contributed by atoms with Gasteiger partial charge in [-0.2, -0.15) is 0 Å². The van der Waals surface area contributed by atoms with E-state index in [1.54, 1.807) is 13.8 Å². The van der Waals surface area contributed by atoms with Gasteiger partial charge in [-0.25, -0.2) is 4.79 Å². The van der Waals surface area contributed by atoms with Gasteiger partial charge >= 0.3 is 5.97 Å². The Labute approximate surface area is 157 Å². The molecular formula is C21H33NO4. The van der Waals surface area contributed by atoms with Crippen molar-refractivity contribution in [2.24, 2.45) is 5.92 Å². The topological polar surface area (TPSA) is 64.6 Å². The van der Waals surface area contributed by atoms with Crippen LogP contribution in [0.2, 0.25) is 0 Å². The molecule has 1 aromatic carbocycles. The van der Waals surface area contributed by atoms with Crippen LogP contribution in [0.4, 0.5) is 5.69 Å². The lowest BCUT2D eigenvalue weighted by atomic mass is 10.0. The fourth-order valence-corrected chi connectivity index (χ4v) is 2.50. The van der Waals surface area contributed by atoms with Crippen LogP contribution in [0.1, 0.15) is 59.1 Å². The predicted molar refractivity (Wildman–Crippen MR) is 104 cm³/mol. The quantitative estimate of drug-likeness (QED) is 0.635. The number of ether oxygens (including phenoxy) is 2. The van der Waals surface area contributed by atoms with E-state index in [0.717, 1.165) is 36.1 Å². The number of carbonyl (C=O) groups excluding carboxylic acids is 2. The Bertz CT molecular complexity index is 575. The summed E-state index contributed by atoms with van der Waals surface area (Å²) >= 11 is 0. The molecule has 0 saturated heterocycles. The molecule has 0 bridgehead atoms. The summed E-state index contributed by atoms with van der Waals surface area (Å²) in [6.07, 6.45) is 0.948. The molecule has 1 amide bonds. The van der Waals surface area contributed by atoms with Crippen molar-refractivity contribution >= 4 is 17.6 Å². The number of rotatable bonds is 10. The number of hydrogen-bond acceptors (Lipinski definition) is 4. The zero-order valence-corrected chi connectivity index (χ0v) is 16.9. The zero-order valence-electron chi connectivity index (χ0n) is 16.9. The first kappa shape index (κ1) is 22.2. The summed E-state index contributed by atoms with van der Waals surface area (Å²) in [6.45, 7) is 12.0. The zero-order chi connectivity index (χ0) is 19.7. The Morgan fingerprint density at radius 3 is 2.08 bits per heavy atom. The number of carbonyl (C=O) groups is 2. The van der Waals surface area contributed by atoms with Gasteiger partial charge in [0.25, 0.3) is 5.91 Å². The molecule has 0 saturated carbocycles. The van der Waals surface area contributed by atoms with Crippen molar-refractivity contribution in [1.29, 1.82) is 0 Å². The van der Waals surface area contributed by atoms with Crippen molar-refractivity contribution in [3.63, 3.8) is 0 Å². The highest BCUT2D eigenvalue weighted by atomic mass is 16.6. The molecular weight excluding hydrogens is 330 g/mol. The van der Waals surface area contributed by atoms with Gasteiger partial charge in [-0.1, -0.05) is 45.9 Å². The van der Waals surface area contributed by atoms with Crippen molar-refractivity contribution < 1.29 is 19.1 Å². The molecule has 0 aliphatic heterocycles. The van der Waals surface area contributed by atoms with Gasteiger partial charge in [0.05, 0.1) is 0 Å². The number of para-hydroxylation sites is 1. The van der Waals surface area contributed by atoms with E-state index in [4.69, 9.17) is 9.47 Å². The van der Waals surface area contributed by atoms with Crippen molar-refractivity contribution in [3.05, 3.63) is 29.3 Å². The van der Waals surface area contributed by atoms with Crippen LogP contribution in [0.15, 0.2) is 18.2 Å². The standard InChI is InChI=1S/C21H33NO4/c1-7-17-10-9-11-18(8-2)19(17)22-20(23)15(5)26-21(24)16(6)25-13-12-14(3)4/h9-11,14-16H,7-8,12-13H2,1-6H3,(H,22,23). The minimum Gasteiger partial charge on any atom is -0.451 e. The maximum Gasteiger partial charge on any atom is 0.335 e. The van der Waals surface area contributed by atoms with Crippen LogP contribution in [-0.2, 0) is 31.9 Å².